The van der Waals surface area contributed by atoms with Crippen LogP contribution in [0, 0.1) is 0 Å². The van der Waals surface area contributed by atoms with Gasteiger partial charge in [0.1, 0.15) is 23.0 Å². The number of hydrogen-bond acceptors (Lipinski definition) is 12. The largest absolute Gasteiger partial charge is 0.488 e. The molecule has 0 radical (unpaired) electrons. The van der Waals surface area contributed by atoms with E-state index in [1.807, 2.05) is 6.07 Å². The molecule has 2 aliphatic rings. The molecule has 13 nitrogen and oxygen atoms in total. The Kier molecular flexibility index (Phi) is 6.75. The van der Waals surface area contributed by atoms with E-state index in [1.165, 1.54) is 7.11 Å². The lowest BCUT2D eigenvalue weighted by Gasteiger charge is -2.21. The monoisotopic (exact) mass is 532 g/mol. The van der Waals surface area contributed by atoms with Crippen LogP contribution in [0.1, 0.15) is 20.9 Å². The highest BCUT2D eigenvalue weighted by Gasteiger charge is 2.33. The first-order chi connectivity index (χ1) is 17.5. The minimum absolute atomic E-state index is 0.0816. The lowest BCUT2D eigenvalue weighted by atomic mass is 10.2. The number of H-pyrrole nitrogens is 1. The normalized spacial score (nSPS) is 14.6. The average molecular weight is 533 g/mol. The number of nitrogens with one attached hydrogen (secondary N) is 3. The van der Waals surface area contributed by atoms with Gasteiger partial charge in [-0.05, 0) is 11.5 Å². The minimum Gasteiger partial charge on any atom is -0.488 e. The molecule has 0 saturated heterocycles. The van der Waals surface area contributed by atoms with Gasteiger partial charge in [0.15, 0.2) is 21.6 Å². The number of carbonyl (C=O) groups is 1. The van der Waals surface area contributed by atoms with Crippen LogP contribution >= 0.6 is 22.9 Å². The Morgan fingerprint density at radius 2 is 2.25 bits per heavy atom. The van der Waals surface area contributed by atoms with Gasteiger partial charge in [-0.15, -0.1) is 0 Å². The van der Waals surface area contributed by atoms with Crippen molar-refractivity contribution in [1.29, 1.82) is 0 Å². The molecule has 0 saturated carbocycles. The lowest BCUT2D eigenvalue weighted by molar-refractivity contribution is 0.0990. The van der Waals surface area contributed by atoms with Crippen molar-refractivity contribution in [1.82, 2.24) is 14.3 Å². The highest BCUT2D eigenvalue weighted by molar-refractivity contribution is 7.18. The fourth-order valence-electron chi connectivity index (χ4n) is 3.87. The van der Waals surface area contributed by atoms with Crippen molar-refractivity contribution in [2.45, 2.75) is 6.42 Å². The van der Waals surface area contributed by atoms with Crippen molar-refractivity contribution in [3.63, 3.8) is 0 Å². The Balaban J connectivity index is 1.41. The van der Waals surface area contributed by atoms with E-state index in [-0.39, 0.29) is 28.7 Å². The van der Waals surface area contributed by atoms with Crippen LogP contribution in [-0.2, 0) is 11.2 Å². The molecule has 3 aromatic heterocycles. The Morgan fingerprint density at radius 1 is 1.39 bits per heavy atom. The molecule has 0 spiro atoms. The smallest absolute Gasteiger partial charge is 0.274 e. The summed E-state index contributed by atoms with van der Waals surface area (Å²) in [6, 6.07) is 1.84. The summed E-state index contributed by atoms with van der Waals surface area (Å²) in [6.07, 6.45) is 0.630. The summed E-state index contributed by atoms with van der Waals surface area (Å²) in [5.41, 5.74) is 7.40. The quantitative estimate of drug-likeness (QED) is 0.189. The molecule has 15 heteroatoms. The maximum atomic E-state index is 13.5. The number of thiazole rings is 1. The number of aromatic amines is 1. The number of amidine groups is 1. The van der Waals surface area contributed by atoms with Gasteiger partial charge in [-0.1, -0.05) is 11.3 Å². The predicted molar refractivity (Wildman–Crippen MR) is 138 cm³/mol. The second-order valence-electron chi connectivity index (χ2n) is 7.76. The van der Waals surface area contributed by atoms with E-state index in [0.717, 1.165) is 28.6 Å². The number of ether oxygens (including phenoxy) is 3. The molecule has 0 fully saturated rings. The summed E-state index contributed by atoms with van der Waals surface area (Å²) in [7, 11) is 3.01. The molecule has 0 atom stereocenters. The summed E-state index contributed by atoms with van der Waals surface area (Å²) >= 11 is 2.18. The van der Waals surface area contributed by atoms with Gasteiger partial charge < -0.3 is 35.5 Å². The van der Waals surface area contributed by atoms with Gasteiger partial charge in [-0.25, -0.2) is 4.98 Å². The van der Waals surface area contributed by atoms with E-state index in [2.05, 4.69) is 30.0 Å². The number of nitrogens with two attached hydrogens (primary N) is 1. The number of anilines is 4. The molecule has 190 valence electrons. The fourth-order valence-corrected chi connectivity index (χ4v) is 5.57. The van der Waals surface area contributed by atoms with E-state index < -0.39 is 0 Å². The second-order valence-corrected chi connectivity index (χ2v) is 9.58. The van der Waals surface area contributed by atoms with Gasteiger partial charge >= 0.3 is 0 Å². The van der Waals surface area contributed by atoms with Gasteiger partial charge in [0.25, 0.3) is 11.5 Å². The topological polar surface area (TPSA) is 169 Å². The second kappa shape index (κ2) is 10.1. The fraction of sp³-hybridized carbons (Fsp3) is 0.381. The molecule has 5 rings (SSSR count). The molecular formula is C21H24N8O5S2. The highest BCUT2D eigenvalue weighted by Crippen LogP contribution is 2.39. The summed E-state index contributed by atoms with van der Waals surface area (Å²) in [4.78, 5) is 41.1. The SMILES string of the molecule is COCCN=C(N)c1c(Nc2nc(OC)c(C(=O)N3CCc4nc5c(cc43)OCCN5)s2)s[nH]c1=O. The zero-order valence-corrected chi connectivity index (χ0v) is 21.2. The van der Waals surface area contributed by atoms with Crippen molar-refractivity contribution >= 4 is 56.2 Å². The van der Waals surface area contributed by atoms with Crippen molar-refractivity contribution in [2.75, 3.05) is 62.6 Å². The number of hydrogen-bond donors (Lipinski definition) is 4. The number of aliphatic imine (C=N–C) groups is 1. The standard InChI is InChI=1S/C21H24N8O5S2/c1-32-7-4-23-15(22)13-17(30)28-36-19(13)27-21-26-18(33-2)14(35-21)20(31)29-6-3-10-11(29)9-12-16(25-10)24-5-8-34-12/h9H,3-8H2,1-2H3,(H2,22,23)(H,24,25)(H,26,27)(H,28,30). The van der Waals surface area contributed by atoms with Crippen molar-refractivity contribution < 1.29 is 19.0 Å². The molecule has 36 heavy (non-hydrogen) atoms. The van der Waals surface area contributed by atoms with Crippen molar-refractivity contribution in [2.24, 2.45) is 10.7 Å². The van der Waals surface area contributed by atoms with Crippen LogP contribution in [0.3, 0.4) is 0 Å². The summed E-state index contributed by atoms with van der Waals surface area (Å²) in [6.45, 7) is 2.40. The molecular weight excluding hydrogens is 508 g/mol. The van der Waals surface area contributed by atoms with Crippen LogP contribution in [-0.4, -0.2) is 73.2 Å². The Morgan fingerprint density at radius 3 is 3.06 bits per heavy atom. The molecule has 0 aromatic carbocycles. The Hall–Kier alpha value is -3.69. The lowest BCUT2D eigenvalue weighted by Crippen LogP contribution is -2.28. The van der Waals surface area contributed by atoms with Gasteiger partial charge in [0.2, 0.25) is 5.88 Å². The van der Waals surface area contributed by atoms with Crippen LogP contribution in [0.25, 0.3) is 0 Å². The van der Waals surface area contributed by atoms with Gasteiger partial charge in [0.05, 0.1) is 38.2 Å². The van der Waals surface area contributed by atoms with Crippen LogP contribution in [0.2, 0.25) is 0 Å². The Bertz CT molecular complexity index is 1380. The molecule has 1 amide bonds. The molecule has 2 aliphatic heterocycles. The molecule has 3 aromatic rings. The zero-order valence-electron chi connectivity index (χ0n) is 19.5. The third kappa shape index (κ3) is 4.47. The van der Waals surface area contributed by atoms with E-state index >= 15 is 0 Å². The molecule has 0 unspecified atom stereocenters. The van der Waals surface area contributed by atoms with Crippen LogP contribution in [0.4, 0.5) is 21.6 Å². The number of aromatic nitrogens is 3. The molecule has 0 aliphatic carbocycles. The molecule has 5 heterocycles. The number of pyridine rings is 1. The third-order valence-electron chi connectivity index (χ3n) is 5.54. The van der Waals surface area contributed by atoms with E-state index in [9.17, 15) is 9.59 Å². The van der Waals surface area contributed by atoms with Gasteiger partial charge in [-0.2, -0.15) is 4.98 Å². The summed E-state index contributed by atoms with van der Waals surface area (Å²) in [5.74, 6) is 1.32. The predicted octanol–water partition coefficient (Wildman–Crippen LogP) is 1.40. The number of fused-ring (bicyclic) bond motifs is 2. The number of carbonyl (C=O) groups excluding carboxylic acids is 1. The van der Waals surface area contributed by atoms with E-state index in [1.54, 1.807) is 12.0 Å². The van der Waals surface area contributed by atoms with Gasteiger partial charge in [0, 0.05) is 26.1 Å². The number of rotatable bonds is 8. The van der Waals surface area contributed by atoms with E-state index in [0.29, 0.717) is 71.5 Å². The van der Waals surface area contributed by atoms with Crippen molar-refractivity contribution in [3.05, 3.63) is 32.6 Å². The number of methoxy groups -OCH3 is 2. The van der Waals surface area contributed by atoms with Crippen LogP contribution < -0.4 is 36.3 Å². The van der Waals surface area contributed by atoms with Gasteiger partial charge in [-0.3, -0.25) is 19.0 Å². The van der Waals surface area contributed by atoms with Crippen molar-refractivity contribution in [3.8, 4) is 11.6 Å². The number of nitrogens with zero attached hydrogens (tertiary/aromatic N) is 4. The zero-order chi connectivity index (χ0) is 25.2. The summed E-state index contributed by atoms with van der Waals surface area (Å²) < 4.78 is 18.7. The first kappa shape index (κ1) is 24.0. The minimum atomic E-state index is -0.373. The molecule has 0 bridgehead atoms. The first-order valence-electron chi connectivity index (χ1n) is 11.0. The molecule has 5 N–H and O–H groups in total. The number of amides is 1. The third-order valence-corrected chi connectivity index (χ3v) is 7.28. The average Bonchev–Trinajstić information content (AvgIpc) is 3.59. The van der Waals surface area contributed by atoms with E-state index in [4.69, 9.17) is 19.9 Å². The Labute approximate surface area is 213 Å². The van der Waals surface area contributed by atoms with Crippen LogP contribution in [0.5, 0.6) is 11.6 Å². The first-order valence-corrected chi connectivity index (χ1v) is 12.7. The maximum Gasteiger partial charge on any atom is 0.274 e. The highest BCUT2D eigenvalue weighted by atomic mass is 32.1. The maximum absolute atomic E-state index is 13.5. The summed E-state index contributed by atoms with van der Waals surface area (Å²) in [5, 5.41) is 7.09. The van der Waals surface area contributed by atoms with Crippen LogP contribution in [0.15, 0.2) is 15.9 Å².